The lowest BCUT2D eigenvalue weighted by atomic mass is 10.1. The Hall–Kier alpha value is -1.24. The summed E-state index contributed by atoms with van der Waals surface area (Å²) in [5, 5.41) is 7.19. The number of amides is 1. The predicted octanol–water partition coefficient (Wildman–Crippen LogP) is 3.71. The molecule has 0 atom stereocenters. The highest BCUT2D eigenvalue weighted by Gasteiger charge is 2.15. The van der Waals surface area contributed by atoms with E-state index in [0.29, 0.717) is 11.4 Å². The van der Waals surface area contributed by atoms with Crippen LogP contribution in [0, 0.1) is 20.8 Å². The number of rotatable bonds is 3. The van der Waals surface area contributed by atoms with Crippen molar-refractivity contribution >= 4 is 58.0 Å². The van der Waals surface area contributed by atoms with E-state index in [1.54, 1.807) is 4.68 Å². The van der Waals surface area contributed by atoms with Crippen LogP contribution in [0.3, 0.4) is 0 Å². The number of aryl methyl sites for hydroxylation is 3. The Morgan fingerprint density at radius 1 is 1.30 bits per heavy atom. The second-order valence-electron chi connectivity index (χ2n) is 5.18. The van der Waals surface area contributed by atoms with Gasteiger partial charge in [0, 0.05) is 22.8 Å². The molecule has 2 aromatic rings. The van der Waals surface area contributed by atoms with Crippen LogP contribution in [0.1, 0.15) is 22.5 Å². The van der Waals surface area contributed by atoms with E-state index in [1.165, 1.54) is 0 Å². The molecule has 1 aromatic heterocycles. The van der Waals surface area contributed by atoms with Crippen LogP contribution in [0.25, 0.3) is 0 Å². The first-order valence-corrected chi connectivity index (χ1v) is 7.43. The van der Waals surface area contributed by atoms with Crippen LogP contribution >= 0.6 is 40.7 Å². The Morgan fingerprint density at radius 2 is 1.91 bits per heavy atom. The molecule has 5 nitrogen and oxygen atoms in total. The average Bonchev–Trinajstić information content (AvgIpc) is 2.62. The molecule has 23 heavy (non-hydrogen) atoms. The molecule has 0 fully saturated rings. The van der Waals surface area contributed by atoms with Crippen LogP contribution in [0.15, 0.2) is 16.6 Å². The van der Waals surface area contributed by atoms with E-state index >= 15 is 0 Å². The SMILES string of the molecule is Cc1cc(Br)cc(NC(=O)Cc2c(C)nn(C)c2C)c1N.Cl.Cl. The minimum absolute atomic E-state index is 0. The lowest BCUT2D eigenvalue weighted by Gasteiger charge is -2.11. The van der Waals surface area contributed by atoms with Crippen molar-refractivity contribution in [2.24, 2.45) is 7.05 Å². The highest BCUT2D eigenvalue weighted by molar-refractivity contribution is 9.10. The van der Waals surface area contributed by atoms with E-state index in [0.717, 1.165) is 27.0 Å². The minimum atomic E-state index is -0.0987. The molecule has 3 N–H and O–H groups in total. The maximum absolute atomic E-state index is 12.3. The summed E-state index contributed by atoms with van der Waals surface area (Å²) >= 11 is 3.41. The summed E-state index contributed by atoms with van der Waals surface area (Å²) in [5.41, 5.74) is 11.0. The van der Waals surface area contributed by atoms with E-state index in [-0.39, 0.29) is 37.1 Å². The van der Waals surface area contributed by atoms with Crippen LogP contribution in [0.4, 0.5) is 11.4 Å². The molecule has 1 heterocycles. The van der Waals surface area contributed by atoms with Gasteiger partial charge in [-0.05, 0) is 38.5 Å². The van der Waals surface area contributed by atoms with Crippen LogP contribution in [0.5, 0.6) is 0 Å². The number of nitrogens with zero attached hydrogens (tertiary/aromatic N) is 2. The Balaban J connectivity index is 0.00000242. The van der Waals surface area contributed by atoms with E-state index in [2.05, 4.69) is 26.3 Å². The molecule has 8 heteroatoms. The molecule has 0 saturated carbocycles. The van der Waals surface area contributed by atoms with Gasteiger partial charge in [-0.2, -0.15) is 5.10 Å². The number of hydrogen-bond acceptors (Lipinski definition) is 3. The van der Waals surface area contributed by atoms with E-state index in [9.17, 15) is 4.79 Å². The maximum Gasteiger partial charge on any atom is 0.228 e. The number of halogens is 3. The fourth-order valence-electron chi connectivity index (χ4n) is 2.29. The molecule has 0 aliphatic carbocycles. The first-order chi connectivity index (χ1) is 9.79. The molecule has 2 rings (SSSR count). The Labute approximate surface area is 157 Å². The molecule has 1 amide bonds. The number of hydrogen-bond donors (Lipinski definition) is 2. The maximum atomic E-state index is 12.3. The van der Waals surface area contributed by atoms with Gasteiger partial charge in [-0.1, -0.05) is 15.9 Å². The highest BCUT2D eigenvalue weighted by Crippen LogP contribution is 2.27. The van der Waals surface area contributed by atoms with Gasteiger partial charge in [-0.3, -0.25) is 9.48 Å². The number of anilines is 2. The van der Waals surface area contributed by atoms with Gasteiger partial charge in [-0.25, -0.2) is 0 Å². The van der Waals surface area contributed by atoms with Crippen LogP contribution < -0.4 is 11.1 Å². The summed E-state index contributed by atoms with van der Waals surface area (Å²) in [6.45, 7) is 5.78. The number of nitrogens with one attached hydrogen (secondary N) is 1. The van der Waals surface area contributed by atoms with E-state index in [1.807, 2.05) is 40.0 Å². The number of benzene rings is 1. The lowest BCUT2D eigenvalue weighted by molar-refractivity contribution is -0.115. The van der Waals surface area contributed by atoms with Crippen molar-refractivity contribution in [2.75, 3.05) is 11.1 Å². The third-order valence-corrected chi connectivity index (χ3v) is 4.08. The number of nitrogen functional groups attached to an aromatic ring is 1. The van der Waals surface area contributed by atoms with Crippen LogP contribution in [-0.4, -0.2) is 15.7 Å². The second-order valence-corrected chi connectivity index (χ2v) is 6.10. The smallest absolute Gasteiger partial charge is 0.228 e. The van der Waals surface area contributed by atoms with Crippen molar-refractivity contribution in [2.45, 2.75) is 27.2 Å². The summed E-state index contributed by atoms with van der Waals surface area (Å²) in [4.78, 5) is 12.3. The fourth-order valence-corrected chi connectivity index (χ4v) is 2.86. The first kappa shape index (κ1) is 21.8. The normalized spacial score (nSPS) is 9.78. The van der Waals surface area contributed by atoms with Crippen molar-refractivity contribution in [3.05, 3.63) is 39.1 Å². The minimum Gasteiger partial charge on any atom is -0.397 e. The molecular weight excluding hydrogens is 403 g/mol. The van der Waals surface area contributed by atoms with Crippen molar-refractivity contribution < 1.29 is 4.79 Å². The first-order valence-electron chi connectivity index (χ1n) is 6.64. The molecule has 128 valence electrons. The third-order valence-electron chi connectivity index (χ3n) is 3.62. The average molecular weight is 424 g/mol. The van der Waals surface area contributed by atoms with Gasteiger partial charge in [0.25, 0.3) is 0 Å². The molecule has 0 aliphatic rings. The van der Waals surface area contributed by atoms with Gasteiger partial charge in [0.05, 0.1) is 23.5 Å². The van der Waals surface area contributed by atoms with Crippen molar-refractivity contribution in [3.8, 4) is 0 Å². The Bertz CT molecular complexity index is 716. The summed E-state index contributed by atoms with van der Waals surface area (Å²) in [5.74, 6) is -0.0987. The Morgan fingerprint density at radius 3 is 2.43 bits per heavy atom. The molecule has 0 aliphatic heterocycles. The number of nitrogens with two attached hydrogens (primary N) is 1. The third kappa shape index (κ3) is 4.86. The fraction of sp³-hybridized carbons (Fsp3) is 0.333. The quantitative estimate of drug-likeness (QED) is 0.739. The molecular formula is C15H21BrCl2N4O. The van der Waals surface area contributed by atoms with Gasteiger partial charge >= 0.3 is 0 Å². The molecule has 1 aromatic carbocycles. The standard InChI is InChI=1S/C15H19BrN4O.2ClH/c1-8-5-11(16)6-13(15(8)17)18-14(21)7-12-9(2)19-20(4)10(12)3;;/h5-6H,7,17H2,1-4H3,(H,18,21);2*1H. The number of carbonyl (C=O) groups excluding carboxylic acids is 1. The van der Waals surface area contributed by atoms with Crippen molar-refractivity contribution in [3.63, 3.8) is 0 Å². The zero-order valence-corrected chi connectivity index (χ0v) is 16.7. The van der Waals surface area contributed by atoms with Gasteiger partial charge in [0.1, 0.15) is 0 Å². The predicted molar refractivity (Wildman–Crippen MR) is 103 cm³/mol. The lowest BCUT2D eigenvalue weighted by Crippen LogP contribution is -2.16. The molecule has 0 spiro atoms. The number of carbonyl (C=O) groups is 1. The monoisotopic (exact) mass is 422 g/mol. The van der Waals surface area contributed by atoms with Gasteiger partial charge in [0.15, 0.2) is 0 Å². The Kier molecular flexibility index (Phi) is 8.11. The second kappa shape index (κ2) is 8.57. The van der Waals surface area contributed by atoms with Crippen molar-refractivity contribution in [1.29, 1.82) is 0 Å². The highest BCUT2D eigenvalue weighted by atomic mass is 79.9. The molecule has 0 unspecified atom stereocenters. The van der Waals surface area contributed by atoms with Crippen LogP contribution in [0.2, 0.25) is 0 Å². The zero-order valence-electron chi connectivity index (χ0n) is 13.4. The summed E-state index contributed by atoms with van der Waals surface area (Å²) < 4.78 is 2.67. The number of aromatic nitrogens is 2. The molecule has 0 radical (unpaired) electrons. The molecule has 0 saturated heterocycles. The van der Waals surface area contributed by atoms with Crippen LogP contribution in [-0.2, 0) is 18.3 Å². The van der Waals surface area contributed by atoms with Gasteiger partial charge < -0.3 is 11.1 Å². The van der Waals surface area contributed by atoms with Crippen molar-refractivity contribution in [1.82, 2.24) is 9.78 Å². The summed E-state index contributed by atoms with van der Waals surface area (Å²) in [7, 11) is 1.87. The van der Waals surface area contributed by atoms with E-state index < -0.39 is 0 Å². The molecule has 0 bridgehead atoms. The zero-order chi connectivity index (χ0) is 15.7. The topological polar surface area (TPSA) is 72.9 Å². The van der Waals surface area contributed by atoms with E-state index in [4.69, 9.17) is 5.73 Å². The summed E-state index contributed by atoms with van der Waals surface area (Å²) in [6, 6.07) is 3.73. The largest absolute Gasteiger partial charge is 0.397 e. The van der Waals surface area contributed by atoms with Gasteiger partial charge in [0.2, 0.25) is 5.91 Å². The summed E-state index contributed by atoms with van der Waals surface area (Å²) in [6.07, 6.45) is 0.288. The van der Waals surface area contributed by atoms with Gasteiger partial charge in [-0.15, -0.1) is 24.8 Å².